The third kappa shape index (κ3) is 4.28. The van der Waals surface area contributed by atoms with Crippen molar-refractivity contribution in [2.45, 2.75) is 12.8 Å². The molecule has 0 aliphatic carbocycles. The van der Waals surface area contributed by atoms with Crippen LogP contribution in [0.1, 0.15) is 17.7 Å². The van der Waals surface area contributed by atoms with Crippen LogP contribution in [0.4, 0.5) is 10.8 Å². The largest absolute Gasteiger partial charge is 0.469 e. The highest BCUT2D eigenvalue weighted by Crippen LogP contribution is 2.28. The van der Waals surface area contributed by atoms with Gasteiger partial charge in [-0.2, -0.15) is 5.26 Å². The Morgan fingerprint density at radius 2 is 2.38 bits per heavy atom. The van der Waals surface area contributed by atoms with Gasteiger partial charge in [-0.3, -0.25) is 4.79 Å². The Hall–Kier alpha value is -1.91. The van der Waals surface area contributed by atoms with Gasteiger partial charge in [0.25, 0.3) is 0 Å². The maximum atomic E-state index is 11.1. The Bertz CT molecular complexity index is 694. The summed E-state index contributed by atoms with van der Waals surface area (Å²) in [5, 5.41) is 14.7. The molecule has 5 nitrogen and oxygen atoms in total. The number of nitriles is 1. The van der Waals surface area contributed by atoms with Crippen molar-refractivity contribution in [1.29, 1.82) is 5.26 Å². The summed E-state index contributed by atoms with van der Waals surface area (Å²) in [5.41, 5.74) is 2.27. The molecule has 108 valence electrons. The monoisotopic (exact) mass is 365 g/mol. The molecule has 0 radical (unpaired) electrons. The second-order valence-electron chi connectivity index (χ2n) is 4.15. The van der Waals surface area contributed by atoms with E-state index in [0.29, 0.717) is 18.4 Å². The van der Waals surface area contributed by atoms with E-state index in [0.717, 1.165) is 21.0 Å². The number of aromatic nitrogens is 1. The number of carbonyl (C=O) groups excluding carboxylic acids is 1. The summed E-state index contributed by atoms with van der Waals surface area (Å²) in [4.78, 5) is 15.5. The standard InChI is InChI=1S/C14H12BrN3O2S/c1-20-13(19)5-3-10-8-21-14(17-10)18-12-4-2-9(7-16)6-11(12)15/h2,4,6,8H,3,5H2,1H3,(H,17,18). The van der Waals surface area contributed by atoms with E-state index >= 15 is 0 Å². The highest BCUT2D eigenvalue weighted by atomic mass is 79.9. The van der Waals surface area contributed by atoms with E-state index < -0.39 is 0 Å². The van der Waals surface area contributed by atoms with Gasteiger partial charge in [0, 0.05) is 16.3 Å². The molecule has 1 heterocycles. The number of anilines is 2. The lowest BCUT2D eigenvalue weighted by Gasteiger charge is -2.05. The van der Waals surface area contributed by atoms with Gasteiger partial charge < -0.3 is 10.1 Å². The fourth-order valence-electron chi connectivity index (χ4n) is 1.61. The Morgan fingerprint density at radius 3 is 3.05 bits per heavy atom. The zero-order chi connectivity index (χ0) is 15.2. The van der Waals surface area contributed by atoms with Gasteiger partial charge in [-0.25, -0.2) is 4.98 Å². The van der Waals surface area contributed by atoms with Crippen LogP contribution in [0.25, 0.3) is 0 Å². The van der Waals surface area contributed by atoms with Crippen LogP contribution in [0.5, 0.6) is 0 Å². The highest BCUT2D eigenvalue weighted by Gasteiger charge is 2.08. The molecule has 1 N–H and O–H groups in total. The Balaban J connectivity index is 2.02. The number of nitrogens with zero attached hydrogens (tertiary/aromatic N) is 2. The molecule has 21 heavy (non-hydrogen) atoms. The lowest BCUT2D eigenvalue weighted by Crippen LogP contribution is -2.02. The fraction of sp³-hybridized carbons (Fsp3) is 0.214. The van der Waals surface area contributed by atoms with E-state index in [1.165, 1.54) is 18.4 Å². The number of hydrogen-bond donors (Lipinski definition) is 1. The summed E-state index contributed by atoms with van der Waals surface area (Å²) in [5.74, 6) is -0.243. The number of benzene rings is 1. The van der Waals surface area contributed by atoms with E-state index in [9.17, 15) is 4.79 Å². The number of aryl methyl sites for hydroxylation is 1. The van der Waals surface area contributed by atoms with E-state index in [1.54, 1.807) is 12.1 Å². The first-order valence-electron chi connectivity index (χ1n) is 6.10. The first-order valence-corrected chi connectivity index (χ1v) is 7.77. The molecule has 0 aliphatic heterocycles. The smallest absolute Gasteiger partial charge is 0.305 e. The number of ether oxygens (including phenoxy) is 1. The number of hydrogen-bond acceptors (Lipinski definition) is 6. The highest BCUT2D eigenvalue weighted by molar-refractivity contribution is 9.10. The second-order valence-corrected chi connectivity index (χ2v) is 5.86. The van der Waals surface area contributed by atoms with Gasteiger partial charge in [0.1, 0.15) is 0 Å². The Kier molecular flexibility index (Phi) is 5.31. The Labute approximate surface area is 134 Å². The van der Waals surface area contributed by atoms with Crippen molar-refractivity contribution >= 4 is 44.1 Å². The predicted molar refractivity (Wildman–Crippen MR) is 84.6 cm³/mol. The summed E-state index contributed by atoms with van der Waals surface area (Å²) >= 11 is 4.88. The fourth-order valence-corrected chi connectivity index (χ4v) is 2.85. The lowest BCUT2D eigenvalue weighted by molar-refractivity contribution is -0.140. The van der Waals surface area contributed by atoms with Crippen molar-refractivity contribution in [3.8, 4) is 6.07 Å². The molecule has 0 aliphatic rings. The summed E-state index contributed by atoms with van der Waals surface area (Å²) in [6.45, 7) is 0. The van der Waals surface area contributed by atoms with Crippen LogP contribution in [-0.2, 0) is 16.0 Å². The number of thiazole rings is 1. The van der Waals surface area contributed by atoms with Crippen molar-refractivity contribution in [1.82, 2.24) is 4.98 Å². The number of esters is 1. The molecule has 0 unspecified atom stereocenters. The molecule has 0 saturated heterocycles. The molecule has 0 spiro atoms. The molecule has 0 amide bonds. The number of halogens is 1. The van der Waals surface area contributed by atoms with Gasteiger partial charge in [-0.1, -0.05) is 0 Å². The molecule has 0 saturated carbocycles. The van der Waals surface area contributed by atoms with E-state index in [2.05, 4.69) is 37.0 Å². The van der Waals surface area contributed by atoms with Crippen molar-refractivity contribution < 1.29 is 9.53 Å². The van der Waals surface area contributed by atoms with Crippen LogP contribution in [-0.4, -0.2) is 18.1 Å². The second kappa shape index (κ2) is 7.20. The van der Waals surface area contributed by atoms with Crippen LogP contribution < -0.4 is 5.32 Å². The maximum Gasteiger partial charge on any atom is 0.305 e. The molecular weight excluding hydrogens is 354 g/mol. The first-order chi connectivity index (χ1) is 10.1. The minimum absolute atomic E-state index is 0.243. The molecule has 7 heteroatoms. The van der Waals surface area contributed by atoms with E-state index in [1.807, 2.05) is 11.4 Å². The van der Waals surface area contributed by atoms with Crippen LogP contribution in [0, 0.1) is 11.3 Å². The molecule has 2 aromatic rings. The lowest BCUT2D eigenvalue weighted by atomic mass is 10.2. The maximum absolute atomic E-state index is 11.1. The van der Waals surface area contributed by atoms with Crippen molar-refractivity contribution in [3.05, 3.63) is 39.3 Å². The minimum Gasteiger partial charge on any atom is -0.469 e. The van der Waals surface area contributed by atoms with Crippen LogP contribution in [0.2, 0.25) is 0 Å². The summed E-state index contributed by atoms with van der Waals surface area (Å²) in [6.07, 6.45) is 0.875. The van der Waals surface area contributed by atoms with Crippen LogP contribution in [0.3, 0.4) is 0 Å². The van der Waals surface area contributed by atoms with Crippen LogP contribution >= 0.6 is 27.3 Å². The topological polar surface area (TPSA) is 75.0 Å². The van der Waals surface area contributed by atoms with Gasteiger partial charge in [0.2, 0.25) is 0 Å². The van der Waals surface area contributed by atoms with Gasteiger partial charge in [0.05, 0.1) is 36.5 Å². The minimum atomic E-state index is -0.243. The van der Waals surface area contributed by atoms with Crippen molar-refractivity contribution in [2.24, 2.45) is 0 Å². The van der Waals surface area contributed by atoms with Gasteiger partial charge in [0.15, 0.2) is 5.13 Å². The van der Waals surface area contributed by atoms with Gasteiger partial charge in [-0.15, -0.1) is 11.3 Å². The SMILES string of the molecule is COC(=O)CCc1csc(Nc2ccc(C#N)cc2Br)n1. The average Bonchev–Trinajstić information content (AvgIpc) is 2.94. The summed E-state index contributed by atoms with van der Waals surface area (Å²) < 4.78 is 5.40. The molecule has 2 rings (SSSR count). The third-order valence-electron chi connectivity index (χ3n) is 2.70. The number of carbonyl (C=O) groups is 1. The molecule has 0 atom stereocenters. The van der Waals surface area contributed by atoms with Gasteiger partial charge in [-0.05, 0) is 34.1 Å². The quantitative estimate of drug-likeness (QED) is 0.818. The number of methoxy groups -OCH3 is 1. The Morgan fingerprint density at radius 1 is 1.57 bits per heavy atom. The first kappa shape index (κ1) is 15.5. The molecule has 1 aromatic carbocycles. The van der Waals surface area contributed by atoms with Crippen molar-refractivity contribution in [3.63, 3.8) is 0 Å². The van der Waals surface area contributed by atoms with Crippen LogP contribution in [0.15, 0.2) is 28.1 Å². The third-order valence-corrected chi connectivity index (χ3v) is 4.17. The van der Waals surface area contributed by atoms with Crippen molar-refractivity contribution in [2.75, 3.05) is 12.4 Å². The molecule has 0 bridgehead atoms. The zero-order valence-corrected chi connectivity index (χ0v) is 13.6. The normalized spacial score (nSPS) is 9.95. The number of nitrogens with one attached hydrogen (secondary N) is 1. The molecule has 1 aromatic heterocycles. The van der Waals surface area contributed by atoms with E-state index in [-0.39, 0.29) is 5.97 Å². The predicted octanol–water partition coefficient (Wildman–Crippen LogP) is 3.63. The zero-order valence-electron chi connectivity index (χ0n) is 11.2. The summed E-state index contributed by atoms with van der Waals surface area (Å²) in [7, 11) is 1.37. The molecular formula is C14H12BrN3O2S. The summed E-state index contributed by atoms with van der Waals surface area (Å²) in [6, 6.07) is 7.38. The average molecular weight is 366 g/mol. The van der Waals surface area contributed by atoms with E-state index in [4.69, 9.17) is 5.26 Å². The van der Waals surface area contributed by atoms with Gasteiger partial charge >= 0.3 is 5.97 Å². The number of rotatable bonds is 5. The molecule has 0 fully saturated rings.